The van der Waals surface area contributed by atoms with Crippen LogP contribution in [0, 0.1) is 0 Å². The van der Waals surface area contributed by atoms with Crippen molar-refractivity contribution in [3.05, 3.63) is 48.8 Å². The van der Waals surface area contributed by atoms with Crippen LogP contribution in [-0.4, -0.2) is 11.5 Å². The maximum atomic E-state index is 4.41. The molecule has 0 saturated carbocycles. The lowest BCUT2D eigenvalue weighted by molar-refractivity contribution is -0.688. The minimum absolute atomic E-state index is 1.03. The number of fused-ring (bicyclic) bond motifs is 1. The van der Waals surface area contributed by atoms with Gasteiger partial charge >= 0.3 is 0 Å². The van der Waals surface area contributed by atoms with Gasteiger partial charge in [-0.1, -0.05) is 12.1 Å². The third-order valence-electron chi connectivity index (χ3n) is 2.90. The van der Waals surface area contributed by atoms with Gasteiger partial charge < -0.3 is 0 Å². The van der Waals surface area contributed by atoms with E-state index in [4.69, 9.17) is 0 Å². The van der Waals surface area contributed by atoms with Crippen LogP contribution in [0.4, 0.5) is 11.6 Å². The van der Waals surface area contributed by atoms with Crippen molar-refractivity contribution in [2.24, 2.45) is 0 Å². The highest BCUT2D eigenvalue weighted by molar-refractivity contribution is 5.53. The average Bonchev–Trinajstić information content (AvgIpc) is 2.39. The first-order chi connectivity index (χ1) is 7.95. The Balaban J connectivity index is 2.05. The summed E-state index contributed by atoms with van der Waals surface area (Å²) in [6.07, 6.45) is 5.14. The molecule has 0 saturated heterocycles. The van der Waals surface area contributed by atoms with E-state index in [9.17, 15) is 0 Å². The lowest BCUT2D eigenvalue weighted by atomic mass is 10.2. The zero-order chi connectivity index (χ0) is 10.8. The fourth-order valence-corrected chi connectivity index (χ4v) is 2.16. The second-order valence-electron chi connectivity index (χ2n) is 3.95. The molecule has 3 heterocycles. The van der Waals surface area contributed by atoms with E-state index in [0.717, 1.165) is 25.3 Å². The summed E-state index contributed by atoms with van der Waals surface area (Å²) in [4.78, 5) is 6.68. The normalized spacial score (nSPS) is 14.6. The third kappa shape index (κ3) is 1.54. The van der Waals surface area contributed by atoms with Crippen LogP contribution in [0.15, 0.2) is 48.8 Å². The summed E-state index contributed by atoms with van der Waals surface area (Å²) < 4.78 is 2.28. The topological polar surface area (TPSA) is 20.0 Å². The zero-order valence-corrected chi connectivity index (χ0v) is 9.08. The number of anilines is 2. The molecule has 0 aliphatic carbocycles. The van der Waals surface area contributed by atoms with Crippen LogP contribution in [0.1, 0.15) is 6.42 Å². The molecule has 0 radical (unpaired) electrons. The number of hydrogen-bond acceptors (Lipinski definition) is 2. The molecule has 3 heteroatoms. The second-order valence-corrected chi connectivity index (χ2v) is 3.95. The Morgan fingerprint density at radius 3 is 2.94 bits per heavy atom. The molecule has 1 aliphatic rings. The van der Waals surface area contributed by atoms with Gasteiger partial charge in [0.1, 0.15) is 0 Å². The van der Waals surface area contributed by atoms with Crippen molar-refractivity contribution in [3.8, 4) is 0 Å². The highest BCUT2D eigenvalue weighted by Crippen LogP contribution is 2.22. The summed E-state index contributed by atoms with van der Waals surface area (Å²) in [5.74, 6) is 2.26. The van der Waals surface area contributed by atoms with Crippen molar-refractivity contribution in [1.82, 2.24) is 4.98 Å². The molecule has 0 atom stereocenters. The summed E-state index contributed by atoms with van der Waals surface area (Å²) in [6.45, 7) is 2.14. The number of hydrogen-bond donors (Lipinski definition) is 0. The third-order valence-corrected chi connectivity index (χ3v) is 2.90. The van der Waals surface area contributed by atoms with Crippen LogP contribution in [0.25, 0.3) is 0 Å². The molecule has 0 N–H and O–H groups in total. The fraction of sp³-hybridized carbons (Fsp3) is 0.231. The second kappa shape index (κ2) is 3.93. The molecular weight excluding hydrogens is 198 g/mol. The molecule has 2 aromatic rings. The van der Waals surface area contributed by atoms with Crippen molar-refractivity contribution >= 4 is 11.6 Å². The first-order valence-corrected chi connectivity index (χ1v) is 5.62. The van der Waals surface area contributed by atoms with E-state index in [0.29, 0.717) is 0 Å². The minimum Gasteiger partial charge on any atom is -0.234 e. The van der Waals surface area contributed by atoms with E-state index >= 15 is 0 Å². The Morgan fingerprint density at radius 1 is 1.12 bits per heavy atom. The first-order valence-electron chi connectivity index (χ1n) is 5.62. The summed E-state index contributed by atoms with van der Waals surface area (Å²) in [6, 6.07) is 12.3. The molecule has 0 unspecified atom stereocenters. The Kier molecular flexibility index (Phi) is 2.29. The molecule has 80 valence electrons. The van der Waals surface area contributed by atoms with Gasteiger partial charge in [0.15, 0.2) is 0 Å². The zero-order valence-electron chi connectivity index (χ0n) is 9.08. The standard InChI is InChI=1S/C13H14N3/c1-3-8-14-12(6-1)16-11-5-10-15-9-4-2-7-13(15)16/h1-4,6-9H,5,10-11H2/q+1. The van der Waals surface area contributed by atoms with E-state index in [1.807, 2.05) is 18.3 Å². The largest absolute Gasteiger partial charge is 0.282 e. The predicted molar refractivity (Wildman–Crippen MR) is 62.5 cm³/mol. The first kappa shape index (κ1) is 9.33. The predicted octanol–water partition coefficient (Wildman–Crippen LogP) is 1.91. The molecule has 2 aromatic heterocycles. The van der Waals surface area contributed by atoms with E-state index in [1.165, 1.54) is 5.82 Å². The smallest absolute Gasteiger partial charge is 0.234 e. The van der Waals surface area contributed by atoms with E-state index < -0.39 is 0 Å². The number of aromatic nitrogens is 2. The van der Waals surface area contributed by atoms with Gasteiger partial charge in [0.05, 0.1) is 19.3 Å². The van der Waals surface area contributed by atoms with Crippen molar-refractivity contribution in [3.63, 3.8) is 0 Å². The number of aryl methyl sites for hydroxylation is 1. The van der Waals surface area contributed by atoms with Gasteiger partial charge in [-0.05, 0) is 12.1 Å². The Morgan fingerprint density at radius 2 is 2.06 bits per heavy atom. The minimum atomic E-state index is 1.03. The van der Waals surface area contributed by atoms with Crippen molar-refractivity contribution in [2.45, 2.75) is 13.0 Å². The number of rotatable bonds is 1. The molecule has 0 bridgehead atoms. The highest BCUT2D eigenvalue weighted by Gasteiger charge is 2.25. The molecule has 0 spiro atoms. The quantitative estimate of drug-likeness (QED) is 0.673. The van der Waals surface area contributed by atoms with Crippen LogP contribution in [0.3, 0.4) is 0 Å². The van der Waals surface area contributed by atoms with Crippen LogP contribution in [-0.2, 0) is 6.54 Å². The summed E-state index contributed by atoms with van der Waals surface area (Å²) in [5.41, 5.74) is 0. The molecule has 0 aromatic carbocycles. The van der Waals surface area contributed by atoms with E-state index in [1.54, 1.807) is 0 Å². The molecule has 0 fully saturated rings. The maximum absolute atomic E-state index is 4.41. The lowest BCUT2D eigenvalue weighted by Crippen LogP contribution is -2.46. The van der Waals surface area contributed by atoms with E-state index in [-0.39, 0.29) is 0 Å². The van der Waals surface area contributed by atoms with Gasteiger partial charge in [0.2, 0.25) is 5.82 Å². The van der Waals surface area contributed by atoms with Gasteiger partial charge in [-0.25, -0.2) is 14.5 Å². The SMILES string of the molecule is c1ccc(N2CCC[n+]3ccccc32)nc1. The monoisotopic (exact) mass is 212 g/mol. The van der Waals surface area contributed by atoms with Gasteiger partial charge in [0.25, 0.3) is 5.82 Å². The maximum Gasteiger partial charge on any atom is 0.282 e. The number of pyridine rings is 2. The number of nitrogens with zero attached hydrogens (tertiary/aromatic N) is 3. The fourth-order valence-electron chi connectivity index (χ4n) is 2.16. The van der Waals surface area contributed by atoms with Crippen molar-refractivity contribution < 1.29 is 4.57 Å². The van der Waals surface area contributed by atoms with Gasteiger partial charge in [-0.15, -0.1) is 0 Å². The molecule has 1 aliphatic heterocycles. The highest BCUT2D eigenvalue weighted by atomic mass is 15.3. The van der Waals surface area contributed by atoms with Crippen LogP contribution in [0.2, 0.25) is 0 Å². The van der Waals surface area contributed by atoms with Crippen molar-refractivity contribution in [2.75, 3.05) is 11.4 Å². The average molecular weight is 212 g/mol. The molecule has 3 nitrogen and oxygen atoms in total. The van der Waals surface area contributed by atoms with E-state index in [2.05, 4.69) is 44.9 Å². The van der Waals surface area contributed by atoms with Crippen LogP contribution in [0.5, 0.6) is 0 Å². The lowest BCUT2D eigenvalue weighted by Gasteiger charge is -2.22. The van der Waals surface area contributed by atoms with Crippen LogP contribution < -0.4 is 9.47 Å². The van der Waals surface area contributed by atoms with Crippen molar-refractivity contribution in [1.29, 1.82) is 0 Å². The Hall–Kier alpha value is -1.90. The summed E-state index contributed by atoms with van der Waals surface area (Å²) in [7, 11) is 0. The van der Waals surface area contributed by atoms with Gasteiger partial charge in [-0.2, -0.15) is 0 Å². The summed E-state index contributed by atoms with van der Waals surface area (Å²) in [5, 5.41) is 0. The molecule has 16 heavy (non-hydrogen) atoms. The van der Waals surface area contributed by atoms with Gasteiger partial charge in [-0.3, -0.25) is 0 Å². The Bertz CT molecular complexity index is 482. The molecule has 3 rings (SSSR count). The molecule has 0 amide bonds. The molecular formula is C13H14N3+. The summed E-state index contributed by atoms with van der Waals surface area (Å²) >= 11 is 0. The van der Waals surface area contributed by atoms with Gasteiger partial charge in [0, 0.05) is 24.8 Å². The van der Waals surface area contributed by atoms with Crippen LogP contribution >= 0.6 is 0 Å². The Labute approximate surface area is 95.0 Å².